The molecule has 0 bridgehead atoms. The third kappa shape index (κ3) is 3.84. The molecule has 26 heavy (non-hydrogen) atoms. The number of benzene rings is 2. The highest BCUT2D eigenvalue weighted by molar-refractivity contribution is 5.96. The van der Waals surface area contributed by atoms with Gasteiger partial charge >= 0.3 is 0 Å². The highest BCUT2D eigenvalue weighted by Crippen LogP contribution is 2.32. The van der Waals surface area contributed by atoms with Crippen LogP contribution in [0.2, 0.25) is 0 Å². The lowest BCUT2D eigenvalue weighted by Crippen LogP contribution is -2.32. The van der Waals surface area contributed by atoms with Crippen LogP contribution in [0.4, 0.5) is 24.5 Å². The minimum absolute atomic E-state index is 0.429. The fourth-order valence-corrected chi connectivity index (χ4v) is 2.43. The number of fused-ring (bicyclic) bond motifs is 1. The van der Waals surface area contributed by atoms with E-state index in [0.29, 0.717) is 30.4 Å². The van der Waals surface area contributed by atoms with Gasteiger partial charge in [-0.1, -0.05) is 0 Å². The molecule has 0 aromatic heterocycles. The Hall–Kier alpha value is -2.90. The summed E-state index contributed by atoms with van der Waals surface area (Å²) in [6, 6.07) is 6.08. The average Bonchev–Trinajstić information content (AvgIpc) is 2.87. The molecule has 2 aromatic carbocycles. The zero-order valence-corrected chi connectivity index (χ0v) is 13.9. The van der Waals surface area contributed by atoms with E-state index < -0.39 is 35.1 Å². The maximum atomic E-state index is 13.7. The number of hydrogen-bond acceptors (Lipinski definition) is 4. The molecule has 2 aromatic rings. The number of carbonyl (C=O) groups is 1. The van der Waals surface area contributed by atoms with Crippen LogP contribution in [0.25, 0.3) is 0 Å². The summed E-state index contributed by atoms with van der Waals surface area (Å²) in [5, 5.41) is 5.17. The Morgan fingerprint density at radius 3 is 2.54 bits per heavy atom. The summed E-state index contributed by atoms with van der Waals surface area (Å²) in [4.78, 5) is 12.2. The molecule has 2 N–H and O–H groups in total. The Kier molecular flexibility index (Phi) is 5.20. The van der Waals surface area contributed by atoms with Gasteiger partial charge in [0.25, 0.3) is 0 Å². The Bertz CT molecular complexity index is 830. The zero-order valence-electron chi connectivity index (χ0n) is 13.9. The first-order valence-electron chi connectivity index (χ1n) is 8.06. The maximum absolute atomic E-state index is 13.7. The number of hydrogen-bond donors (Lipinski definition) is 2. The molecule has 1 heterocycles. The summed E-state index contributed by atoms with van der Waals surface area (Å²) >= 11 is 0. The number of nitrogens with one attached hydrogen (secondary N) is 2. The van der Waals surface area contributed by atoms with E-state index in [9.17, 15) is 18.0 Å². The molecule has 0 saturated heterocycles. The van der Waals surface area contributed by atoms with Crippen LogP contribution in [0.5, 0.6) is 11.5 Å². The van der Waals surface area contributed by atoms with Crippen LogP contribution in [0.3, 0.4) is 0 Å². The molecule has 0 fully saturated rings. The van der Waals surface area contributed by atoms with E-state index in [4.69, 9.17) is 9.47 Å². The normalized spacial score (nSPS) is 14.3. The largest absolute Gasteiger partial charge is 0.490 e. The molecule has 0 saturated carbocycles. The van der Waals surface area contributed by atoms with Gasteiger partial charge in [-0.25, -0.2) is 13.2 Å². The molecule has 0 unspecified atom stereocenters. The monoisotopic (exact) mass is 366 g/mol. The predicted octanol–water partition coefficient (Wildman–Crippen LogP) is 3.70. The minimum Gasteiger partial charge on any atom is -0.490 e. The van der Waals surface area contributed by atoms with Crippen molar-refractivity contribution in [2.45, 2.75) is 19.4 Å². The van der Waals surface area contributed by atoms with E-state index in [1.807, 2.05) is 0 Å². The summed E-state index contributed by atoms with van der Waals surface area (Å²) in [6.45, 7) is 2.65. The van der Waals surface area contributed by atoms with Gasteiger partial charge in [-0.2, -0.15) is 0 Å². The molecule has 138 valence electrons. The smallest absolute Gasteiger partial charge is 0.246 e. The molecule has 8 heteroatoms. The van der Waals surface area contributed by atoms with Gasteiger partial charge in [-0.15, -0.1) is 0 Å². The van der Waals surface area contributed by atoms with Gasteiger partial charge in [0.2, 0.25) is 5.91 Å². The predicted molar refractivity (Wildman–Crippen MR) is 90.1 cm³/mol. The molecule has 1 atom stereocenters. The summed E-state index contributed by atoms with van der Waals surface area (Å²) in [7, 11) is 0. The van der Waals surface area contributed by atoms with Crippen LogP contribution in [-0.2, 0) is 4.79 Å². The van der Waals surface area contributed by atoms with E-state index in [0.717, 1.165) is 18.6 Å². The summed E-state index contributed by atoms with van der Waals surface area (Å²) in [6.07, 6.45) is 0.774. The van der Waals surface area contributed by atoms with E-state index in [1.165, 1.54) is 0 Å². The van der Waals surface area contributed by atoms with E-state index in [1.54, 1.807) is 25.1 Å². The van der Waals surface area contributed by atoms with Crippen LogP contribution in [0.15, 0.2) is 30.3 Å². The molecule has 1 aliphatic heterocycles. The summed E-state index contributed by atoms with van der Waals surface area (Å²) < 4.78 is 51.0. The lowest BCUT2D eigenvalue weighted by molar-refractivity contribution is -0.116. The fraction of sp³-hybridized carbons (Fsp3) is 0.278. The van der Waals surface area contributed by atoms with Crippen LogP contribution in [0, 0.1) is 17.5 Å². The maximum Gasteiger partial charge on any atom is 0.246 e. The van der Waals surface area contributed by atoms with Crippen molar-refractivity contribution >= 4 is 17.3 Å². The molecule has 0 aliphatic carbocycles. The van der Waals surface area contributed by atoms with Gasteiger partial charge < -0.3 is 20.1 Å². The van der Waals surface area contributed by atoms with E-state index >= 15 is 0 Å². The van der Waals surface area contributed by atoms with Gasteiger partial charge in [-0.05, 0) is 31.2 Å². The van der Waals surface area contributed by atoms with Crippen LogP contribution in [0.1, 0.15) is 13.3 Å². The summed E-state index contributed by atoms with van der Waals surface area (Å²) in [5.41, 5.74) is 0.170. The topological polar surface area (TPSA) is 59.6 Å². The fourth-order valence-electron chi connectivity index (χ4n) is 2.43. The first-order chi connectivity index (χ1) is 12.5. The average molecular weight is 366 g/mol. The number of halogens is 3. The van der Waals surface area contributed by atoms with Crippen molar-refractivity contribution in [1.29, 1.82) is 0 Å². The number of rotatable bonds is 4. The molecule has 5 nitrogen and oxygen atoms in total. The first kappa shape index (κ1) is 17.9. The minimum atomic E-state index is -1.63. The van der Waals surface area contributed by atoms with Crippen LogP contribution < -0.4 is 20.1 Å². The van der Waals surface area contributed by atoms with Crippen LogP contribution in [-0.4, -0.2) is 25.2 Å². The molecule has 1 aliphatic rings. The quantitative estimate of drug-likeness (QED) is 0.810. The van der Waals surface area contributed by atoms with Gasteiger partial charge in [0.15, 0.2) is 29.0 Å². The van der Waals surface area contributed by atoms with E-state index in [2.05, 4.69) is 10.6 Å². The second-order valence-corrected chi connectivity index (χ2v) is 5.79. The third-order valence-corrected chi connectivity index (χ3v) is 3.82. The second-order valence-electron chi connectivity index (χ2n) is 5.79. The highest BCUT2D eigenvalue weighted by Gasteiger charge is 2.19. The third-order valence-electron chi connectivity index (χ3n) is 3.82. The van der Waals surface area contributed by atoms with Crippen molar-refractivity contribution in [3.63, 3.8) is 0 Å². The first-order valence-corrected chi connectivity index (χ1v) is 8.06. The number of amides is 1. The number of carbonyl (C=O) groups excluding carboxylic acids is 1. The van der Waals surface area contributed by atoms with Gasteiger partial charge in [0.05, 0.1) is 18.9 Å². The SMILES string of the molecule is C[C@H](Nc1ccc2c(c1)OCCCO2)C(=O)Nc1ccc(F)c(F)c1F. The van der Waals surface area contributed by atoms with Crippen molar-refractivity contribution in [2.75, 3.05) is 23.8 Å². The molecule has 3 rings (SSSR count). The molecular formula is C18H17F3N2O3. The van der Waals surface area contributed by atoms with E-state index in [-0.39, 0.29) is 0 Å². The molecular weight excluding hydrogens is 349 g/mol. The Morgan fingerprint density at radius 2 is 1.77 bits per heavy atom. The van der Waals surface area contributed by atoms with Gasteiger partial charge in [-0.3, -0.25) is 4.79 Å². The summed E-state index contributed by atoms with van der Waals surface area (Å²) in [5.74, 6) is -3.82. The number of anilines is 2. The lowest BCUT2D eigenvalue weighted by atomic mass is 10.2. The Balaban J connectivity index is 1.68. The zero-order chi connectivity index (χ0) is 18.7. The van der Waals surface area contributed by atoms with Crippen molar-refractivity contribution < 1.29 is 27.4 Å². The molecule has 0 spiro atoms. The van der Waals surface area contributed by atoms with Crippen molar-refractivity contribution in [3.8, 4) is 11.5 Å². The van der Waals surface area contributed by atoms with Gasteiger partial charge in [0, 0.05) is 18.2 Å². The standard InChI is InChI=1S/C18H17F3N2O3/c1-10(18(24)23-13-5-4-12(19)16(20)17(13)21)22-11-3-6-14-15(9-11)26-8-2-7-25-14/h3-6,9-10,22H,2,7-8H2,1H3,(H,23,24)/t10-/m0/s1. The molecule has 0 radical (unpaired) electrons. The van der Waals surface area contributed by atoms with Crippen molar-refractivity contribution in [1.82, 2.24) is 0 Å². The number of ether oxygens (including phenoxy) is 2. The Labute approximate surface area is 148 Å². The van der Waals surface area contributed by atoms with Crippen LogP contribution >= 0.6 is 0 Å². The molecule has 1 amide bonds. The van der Waals surface area contributed by atoms with Crippen molar-refractivity contribution in [2.24, 2.45) is 0 Å². The Morgan fingerprint density at radius 1 is 1.04 bits per heavy atom. The van der Waals surface area contributed by atoms with Crippen molar-refractivity contribution in [3.05, 3.63) is 47.8 Å². The lowest BCUT2D eigenvalue weighted by Gasteiger charge is -2.17. The van der Waals surface area contributed by atoms with Gasteiger partial charge in [0.1, 0.15) is 6.04 Å². The second kappa shape index (κ2) is 7.55. The highest BCUT2D eigenvalue weighted by atomic mass is 19.2.